The second-order valence-electron chi connectivity index (χ2n) is 7.04. The molecule has 156 valence electrons. The van der Waals surface area contributed by atoms with Crippen LogP contribution in [0, 0.1) is 13.8 Å². The molecule has 0 saturated heterocycles. The summed E-state index contributed by atoms with van der Waals surface area (Å²) in [5, 5.41) is 15.2. The van der Waals surface area contributed by atoms with Gasteiger partial charge in [-0.25, -0.2) is 9.97 Å². The minimum absolute atomic E-state index is 0.394. The zero-order valence-corrected chi connectivity index (χ0v) is 16.7. The Balaban J connectivity index is 1.32. The predicted molar refractivity (Wildman–Crippen MR) is 106 cm³/mol. The molecular formula is C18H22N10O2. The van der Waals surface area contributed by atoms with E-state index in [9.17, 15) is 9.59 Å². The molecule has 2 amide bonds. The number of carbonyl (C=O) groups excluding carboxylic acids is 2. The Morgan fingerprint density at radius 1 is 1.13 bits per heavy atom. The van der Waals surface area contributed by atoms with Crippen LogP contribution in [0.2, 0.25) is 0 Å². The summed E-state index contributed by atoms with van der Waals surface area (Å²) in [5.74, 6) is 1.08. The lowest BCUT2D eigenvalue weighted by Gasteiger charge is -2.14. The first-order valence-electron chi connectivity index (χ1n) is 9.61. The number of aromatic nitrogens is 7. The third-order valence-corrected chi connectivity index (χ3v) is 4.61. The summed E-state index contributed by atoms with van der Waals surface area (Å²) < 4.78 is 3.75. The van der Waals surface area contributed by atoms with Crippen molar-refractivity contribution in [1.29, 1.82) is 0 Å². The van der Waals surface area contributed by atoms with Crippen LogP contribution in [-0.2, 0) is 29.1 Å². The Bertz CT molecular complexity index is 1070. The molecule has 1 aliphatic rings. The van der Waals surface area contributed by atoms with Gasteiger partial charge in [-0.05, 0) is 26.7 Å². The number of hydrogen-bond donors (Lipinski definition) is 3. The molecule has 3 aromatic heterocycles. The van der Waals surface area contributed by atoms with Crippen LogP contribution < -0.4 is 16.2 Å². The average Bonchev–Trinajstić information content (AvgIpc) is 3.33. The number of amides is 2. The van der Waals surface area contributed by atoms with Crippen molar-refractivity contribution in [2.75, 3.05) is 10.7 Å². The Morgan fingerprint density at radius 2 is 2.00 bits per heavy atom. The van der Waals surface area contributed by atoms with Crippen LogP contribution in [0.25, 0.3) is 0 Å². The molecule has 0 aliphatic carbocycles. The number of aryl methyl sites for hydroxylation is 3. The van der Waals surface area contributed by atoms with Gasteiger partial charge < -0.3 is 9.88 Å². The smallest absolute Gasteiger partial charge is 0.315 e. The van der Waals surface area contributed by atoms with E-state index in [0.717, 1.165) is 43.1 Å². The van der Waals surface area contributed by atoms with Gasteiger partial charge in [-0.15, -0.1) is 10.2 Å². The number of anilines is 2. The van der Waals surface area contributed by atoms with Crippen molar-refractivity contribution >= 4 is 23.3 Å². The van der Waals surface area contributed by atoms with E-state index in [-0.39, 0.29) is 0 Å². The maximum absolute atomic E-state index is 12.1. The quantitative estimate of drug-likeness (QED) is 0.404. The van der Waals surface area contributed by atoms with Crippen LogP contribution >= 0.6 is 0 Å². The van der Waals surface area contributed by atoms with E-state index in [1.807, 2.05) is 0 Å². The summed E-state index contributed by atoms with van der Waals surface area (Å²) in [6.45, 7) is 4.88. The van der Waals surface area contributed by atoms with Crippen molar-refractivity contribution in [3.8, 4) is 0 Å². The van der Waals surface area contributed by atoms with Crippen molar-refractivity contribution in [2.45, 2.75) is 46.2 Å². The standard InChI is InChI=1S/C18H22N10O2/c1-11-7-14(21-12(2)20-11)23-26-18(30)17(29)22-13-8-19-27(9-13)10-16-25-24-15-5-3-4-6-28(15)16/h7-9H,3-6,10H2,1-2H3,(H,22,29)(H,26,30)(H,20,21,23). The van der Waals surface area contributed by atoms with E-state index in [0.29, 0.717) is 23.9 Å². The highest BCUT2D eigenvalue weighted by Gasteiger charge is 2.17. The SMILES string of the molecule is Cc1cc(NNC(=O)C(=O)Nc2cnn(Cc3nnc4n3CCCC4)c2)nc(C)n1. The molecular weight excluding hydrogens is 388 g/mol. The Kier molecular flexibility index (Phi) is 5.37. The molecule has 0 fully saturated rings. The molecule has 4 rings (SSSR count). The first-order chi connectivity index (χ1) is 14.5. The fourth-order valence-electron chi connectivity index (χ4n) is 3.29. The molecule has 30 heavy (non-hydrogen) atoms. The van der Waals surface area contributed by atoms with Gasteiger partial charge in [0.15, 0.2) is 5.82 Å². The molecule has 3 aromatic rings. The van der Waals surface area contributed by atoms with Gasteiger partial charge in [-0.1, -0.05) is 0 Å². The van der Waals surface area contributed by atoms with Gasteiger partial charge in [-0.2, -0.15) is 5.10 Å². The number of fused-ring (bicyclic) bond motifs is 1. The normalized spacial score (nSPS) is 12.9. The van der Waals surface area contributed by atoms with Gasteiger partial charge >= 0.3 is 11.8 Å². The van der Waals surface area contributed by atoms with Crippen LogP contribution in [0.5, 0.6) is 0 Å². The number of carbonyl (C=O) groups is 2. The van der Waals surface area contributed by atoms with E-state index in [1.54, 1.807) is 30.8 Å². The topological polar surface area (TPSA) is 145 Å². The van der Waals surface area contributed by atoms with Gasteiger partial charge in [0, 0.05) is 30.9 Å². The summed E-state index contributed by atoms with van der Waals surface area (Å²) in [4.78, 5) is 32.4. The van der Waals surface area contributed by atoms with E-state index >= 15 is 0 Å². The monoisotopic (exact) mass is 410 g/mol. The summed E-state index contributed by atoms with van der Waals surface area (Å²) in [5.41, 5.74) is 6.06. The summed E-state index contributed by atoms with van der Waals surface area (Å²) in [7, 11) is 0. The minimum atomic E-state index is -0.858. The van der Waals surface area contributed by atoms with E-state index < -0.39 is 11.8 Å². The highest BCUT2D eigenvalue weighted by molar-refractivity contribution is 6.39. The largest absolute Gasteiger partial charge is 0.328 e. The maximum atomic E-state index is 12.1. The van der Waals surface area contributed by atoms with E-state index in [1.165, 1.54) is 6.20 Å². The van der Waals surface area contributed by atoms with Gasteiger partial charge in [0.25, 0.3) is 0 Å². The molecule has 12 heteroatoms. The average molecular weight is 410 g/mol. The molecule has 1 aliphatic heterocycles. The Morgan fingerprint density at radius 3 is 2.83 bits per heavy atom. The number of hydrogen-bond acceptors (Lipinski definition) is 8. The van der Waals surface area contributed by atoms with Gasteiger partial charge in [-0.3, -0.25) is 25.1 Å². The van der Waals surface area contributed by atoms with Crippen molar-refractivity contribution in [3.63, 3.8) is 0 Å². The molecule has 0 unspecified atom stereocenters. The fourth-order valence-corrected chi connectivity index (χ4v) is 3.29. The lowest BCUT2D eigenvalue weighted by Crippen LogP contribution is -2.39. The Hall–Kier alpha value is -3.83. The first kappa shape index (κ1) is 19.5. The summed E-state index contributed by atoms with van der Waals surface area (Å²) in [6.07, 6.45) is 6.29. The molecule has 3 N–H and O–H groups in total. The number of nitrogens with one attached hydrogen (secondary N) is 3. The first-order valence-corrected chi connectivity index (χ1v) is 9.61. The van der Waals surface area contributed by atoms with Crippen molar-refractivity contribution in [2.24, 2.45) is 0 Å². The van der Waals surface area contributed by atoms with Gasteiger partial charge in [0.1, 0.15) is 24.0 Å². The lowest BCUT2D eigenvalue weighted by molar-refractivity contribution is -0.135. The van der Waals surface area contributed by atoms with Crippen LogP contribution in [0.4, 0.5) is 11.5 Å². The maximum Gasteiger partial charge on any atom is 0.328 e. The van der Waals surface area contributed by atoms with E-state index in [4.69, 9.17) is 0 Å². The molecule has 0 bridgehead atoms. The molecule has 0 atom stereocenters. The van der Waals surface area contributed by atoms with Crippen molar-refractivity contribution in [3.05, 3.63) is 41.6 Å². The number of rotatable bonds is 5. The lowest BCUT2D eigenvalue weighted by atomic mass is 10.2. The fraction of sp³-hybridized carbons (Fsp3) is 0.389. The van der Waals surface area contributed by atoms with E-state index in [2.05, 4.69) is 46.0 Å². The third kappa shape index (κ3) is 4.42. The van der Waals surface area contributed by atoms with Gasteiger partial charge in [0.2, 0.25) is 0 Å². The summed E-state index contributed by atoms with van der Waals surface area (Å²) in [6, 6.07) is 1.65. The zero-order chi connectivity index (χ0) is 21.1. The minimum Gasteiger partial charge on any atom is -0.315 e. The molecule has 12 nitrogen and oxygen atoms in total. The van der Waals surface area contributed by atoms with Crippen LogP contribution in [-0.4, -0.2) is 46.3 Å². The van der Waals surface area contributed by atoms with Crippen LogP contribution in [0.15, 0.2) is 18.5 Å². The molecule has 0 aromatic carbocycles. The highest BCUT2D eigenvalue weighted by atomic mass is 16.2. The van der Waals surface area contributed by atoms with Crippen molar-refractivity contribution in [1.82, 2.24) is 39.9 Å². The number of nitrogens with zero attached hydrogens (tertiary/aromatic N) is 7. The van der Waals surface area contributed by atoms with Crippen LogP contribution in [0.3, 0.4) is 0 Å². The molecule has 0 radical (unpaired) electrons. The zero-order valence-electron chi connectivity index (χ0n) is 16.7. The molecule has 4 heterocycles. The third-order valence-electron chi connectivity index (χ3n) is 4.61. The number of hydrazine groups is 1. The van der Waals surface area contributed by atoms with Gasteiger partial charge in [0.05, 0.1) is 11.9 Å². The second kappa shape index (κ2) is 8.27. The summed E-state index contributed by atoms with van der Waals surface area (Å²) >= 11 is 0. The Labute approximate surface area is 172 Å². The second-order valence-corrected chi connectivity index (χ2v) is 7.04. The molecule has 0 saturated carbocycles. The molecule has 0 spiro atoms. The van der Waals surface area contributed by atoms with Crippen molar-refractivity contribution < 1.29 is 9.59 Å². The van der Waals surface area contributed by atoms with Crippen LogP contribution in [0.1, 0.15) is 36.0 Å². The highest BCUT2D eigenvalue weighted by Crippen LogP contribution is 2.15. The predicted octanol–water partition coefficient (Wildman–Crippen LogP) is 0.348.